The van der Waals surface area contributed by atoms with E-state index in [9.17, 15) is 9.59 Å². The molecule has 0 aliphatic carbocycles. The molecule has 1 heterocycles. The average molecular weight is 352 g/mol. The zero-order valence-electron chi connectivity index (χ0n) is 12.6. The molecule has 23 heavy (non-hydrogen) atoms. The first-order valence-corrected chi connectivity index (χ1v) is 7.67. The highest BCUT2D eigenvalue weighted by atomic mass is 35.5. The standard InChI is InChI=1S/C16H15Cl2N3O2/c1-9(2)19-15(22)12-7-4-8-13(20-12)16(23)21-11-6-3-5-10(17)14(11)18/h3-9H,1-2H3,(H,19,22)(H,21,23). The van der Waals surface area contributed by atoms with Gasteiger partial charge in [0.25, 0.3) is 11.8 Å². The van der Waals surface area contributed by atoms with Crippen molar-refractivity contribution in [2.75, 3.05) is 5.32 Å². The van der Waals surface area contributed by atoms with Crippen molar-refractivity contribution in [1.82, 2.24) is 10.3 Å². The number of carbonyl (C=O) groups excluding carboxylic acids is 2. The lowest BCUT2D eigenvalue weighted by Gasteiger charge is -2.10. The van der Waals surface area contributed by atoms with Gasteiger partial charge in [0.1, 0.15) is 11.4 Å². The number of hydrogen-bond acceptors (Lipinski definition) is 3. The number of hydrogen-bond donors (Lipinski definition) is 2. The van der Waals surface area contributed by atoms with Gasteiger partial charge in [0.05, 0.1) is 15.7 Å². The summed E-state index contributed by atoms with van der Waals surface area (Å²) in [5.41, 5.74) is 0.656. The van der Waals surface area contributed by atoms with Crippen LogP contribution in [0.4, 0.5) is 5.69 Å². The molecule has 5 nitrogen and oxygen atoms in total. The second-order valence-electron chi connectivity index (χ2n) is 5.09. The second kappa shape index (κ2) is 7.44. The number of rotatable bonds is 4. The van der Waals surface area contributed by atoms with Crippen molar-refractivity contribution in [1.29, 1.82) is 0 Å². The van der Waals surface area contributed by atoms with Crippen LogP contribution in [0.5, 0.6) is 0 Å². The molecule has 0 aliphatic heterocycles. The fourth-order valence-corrected chi connectivity index (χ4v) is 2.16. The van der Waals surface area contributed by atoms with Crippen LogP contribution in [0.2, 0.25) is 10.0 Å². The summed E-state index contributed by atoms with van der Waals surface area (Å²) in [5.74, 6) is -0.816. The first-order chi connectivity index (χ1) is 10.9. The normalized spacial score (nSPS) is 10.5. The fraction of sp³-hybridized carbons (Fsp3) is 0.188. The van der Waals surface area contributed by atoms with E-state index in [-0.39, 0.29) is 28.4 Å². The summed E-state index contributed by atoms with van der Waals surface area (Å²) in [6.45, 7) is 3.69. The van der Waals surface area contributed by atoms with Gasteiger partial charge in [-0.1, -0.05) is 35.3 Å². The van der Waals surface area contributed by atoms with Crippen LogP contribution in [-0.2, 0) is 0 Å². The Bertz CT molecular complexity index is 748. The zero-order chi connectivity index (χ0) is 17.0. The minimum absolute atomic E-state index is 0.0213. The van der Waals surface area contributed by atoms with E-state index in [2.05, 4.69) is 15.6 Å². The molecule has 0 radical (unpaired) electrons. The second-order valence-corrected chi connectivity index (χ2v) is 5.88. The van der Waals surface area contributed by atoms with Crippen molar-refractivity contribution in [2.45, 2.75) is 19.9 Å². The summed E-state index contributed by atoms with van der Waals surface area (Å²) < 4.78 is 0. The Balaban J connectivity index is 2.20. The van der Waals surface area contributed by atoms with Crippen molar-refractivity contribution in [3.8, 4) is 0 Å². The molecule has 1 aromatic heterocycles. The SMILES string of the molecule is CC(C)NC(=O)c1cccc(C(=O)Nc2cccc(Cl)c2Cl)n1. The number of nitrogens with one attached hydrogen (secondary N) is 2. The molecule has 2 aromatic rings. The van der Waals surface area contributed by atoms with Crippen LogP contribution in [0.15, 0.2) is 36.4 Å². The Morgan fingerprint density at radius 1 is 1.00 bits per heavy atom. The Hall–Kier alpha value is -2.11. The third kappa shape index (κ3) is 4.43. The van der Waals surface area contributed by atoms with Gasteiger partial charge < -0.3 is 10.6 Å². The highest BCUT2D eigenvalue weighted by molar-refractivity contribution is 6.44. The molecule has 2 amide bonds. The molecule has 7 heteroatoms. The third-order valence-electron chi connectivity index (χ3n) is 2.83. The number of nitrogens with zero attached hydrogens (tertiary/aromatic N) is 1. The van der Waals surface area contributed by atoms with E-state index in [1.54, 1.807) is 30.3 Å². The van der Waals surface area contributed by atoms with E-state index in [0.717, 1.165) is 0 Å². The van der Waals surface area contributed by atoms with Gasteiger partial charge in [-0.2, -0.15) is 0 Å². The van der Waals surface area contributed by atoms with Gasteiger partial charge >= 0.3 is 0 Å². The zero-order valence-corrected chi connectivity index (χ0v) is 14.1. The minimum atomic E-state index is -0.478. The summed E-state index contributed by atoms with van der Waals surface area (Å²) in [6.07, 6.45) is 0. The van der Waals surface area contributed by atoms with Crippen LogP contribution in [0.1, 0.15) is 34.8 Å². The Labute approximate surface area is 144 Å². The average Bonchev–Trinajstić information content (AvgIpc) is 2.51. The van der Waals surface area contributed by atoms with Crippen LogP contribution < -0.4 is 10.6 Å². The number of anilines is 1. The number of aromatic nitrogens is 1. The number of benzene rings is 1. The molecule has 0 bridgehead atoms. The third-order valence-corrected chi connectivity index (χ3v) is 3.65. The Kier molecular flexibility index (Phi) is 5.58. The van der Waals surface area contributed by atoms with Crippen molar-refractivity contribution in [3.63, 3.8) is 0 Å². The first kappa shape index (κ1) is 17.2. The Morgan fingerprint density at radius 2 is 1.61 bits per heavy atom. The number of amides is 2. The number of carbonyl (C=O) groups is 2. The van der Waals surface area contributed by atoms with Gasteiger partial charge in [-0.3, -0.25) is 9.59 Å². The molecule has 0 saturated heterocycles. The molecule has 0 spiro atoms. The van der Waals surface area contributed by atoms with Gasteiger partial charge in [-0.15, -0.1) is 0 Å². The van der Waals surface area contributed by atoms with E-state index in [4.69, 9.17) is 23.2 Å². The molecule has 2 N–H and O–H groups in total. The lowest BCUT2D eigenvalue weighted by molar-refractivity contribution is 0.0938. The van der Waals surface area contributed by atoms with Gasteiger partial charge in [0, 0.05) is 6.04 Å². The van der Waals surface area contributed by atoms with Gasteiger partial charge in [-0.05, 0) is 38.1 Å². The van der Waals surface area contributed by atoms with E-state index in [0.29, 0.717) is 10.7 Å². The highest BCUT2D eigenvalue weighted by Gasteiger charge is 2.14. The van der Waals surface area contributed by atoms with Gasteiger partial charge in [0.15, 0.2) is 0 Å². The van der Waals surface area contributed by atoms with Crippen LogP contribution in [-0.4, -0.2) is 22.8 Å². The summed E-state index contributed by atoms with van der Waals surface area (Å²) in [7, 11) is 0. The summed E-state index contributed by atoms with van der Waals surface area (Å²) in [6, 6.07) is 9.55. The van der Waals surface area contributed by atoms with E-state index < -0.39 is 5.91 Å². The predicted octanol–water partition coefficient (Wildman–Crippen LogP) is 3.78. The molecule has 0 atom stereocenters. The predicted molar refractivity (Wildman–Crippen MR) is 91.3 cm³/mol. The van der Waals surface area contributed by atoms with Crippen molar-refractivity contribution >= 4 is 40.7 Å². The van der Waals surface area contributed by atoms with Crippen LogP contribution in [0.25, 0.3) is 0 Å². The summed E-state index contributed by atoms with van der Waals surface area (Å²) in [4.78, 5) is 28.3. The minimum Gasteiger partial charge on any atom is -0.349 e. The van der Waals surface area contributed by atoms with Crippen LogP contribution >= 0.6 is 23.2 Å². The van der Waals surface area contributed by atoms with E-state index >= 15 is 0 Å². The smallest absolute Gasteiger partial charge is 0.274 e. The quantitative estimate of drug-likeness (QED) is 0.880. The van der Waals surface area contributed by atoms with Crippen molar-refractivity contribution in [3.05, 3.63) is 57.8 Å². The maximum Gasteiger partial charge on any atom is 0.274 e. The molecular weight excluding hydrogens is 337 g/mol. The van der Waals surface area contributed by atoms with Gasteiger partial charge in [-0.25, -0.2) is 4.98 Å². The topological polar surface area (TPSA) is 71.1 Å². The monoisotopic (exact) mass is 351 g/mol. The Morgan fingerprint density at radius 3 is 2.26 bits per heavy atom. The van der Waals surface area contributed by atoms with Crippen LogP contribution in [0, 0.1) is 0 Å². The molecule has 0 saturated carbocycles. The largest absolute Gasteiger partial charge is 0.349 e. The van der Waals surface area contributed by atoms with E-state index in [1.807, 2.05) is 13.8 Å². The van der Waals surface area contributed by atoms with Crippen LogP contribution in [0.3, 0.4) is 0 Å². The highest BCUT2D eigenvalue weighted by Crippen LogP contribution is 2.29. The molecule has 1 aromatic carbocycles. The summed E-state index contributed by atoms with van der Waals surface area (Å²) in [5, 5.41) is 5.93. The summed E-state index contributed by atoms with van der Waals surface area (Å²) >= 11 is 11.9. The first-order valence-electron chi connectivity index (χ1n) is 6.91. The molecule has 2 rings (SSSR count). The fourth-order valence-electron chi connectivity index (χ4n) is 1.81. The molecule has 120 valence electrons. The molecular formula is C16H15Cl2N3O2. The molecule has 0 unspecified atom stereocenters. The maximum atomic E-state index is 12.3. The van der Waals surface area contributed by atoms with Gasteiger partial charge in [0.2, 0.25) is 0 Å². The van der Waals surface area contributed by atoms with Crippen molar-refractivity contribution < 1.29 is 9.59 Å². The number of halogens is 2. The lowest BCUT2D eigenvalue weighted by atomic mass is 10.2. The van der Waals surface area contributed by atoms with E-state index in [1.165, 1.54) is 6.07 Å². The number of pyridine rings is 1. The maximum absolute atomic E-state index is 12.3. The van der Waals surface area contributed by atoms with Crippen molar-refractivity contribution in [2.24, 2.45) is 0 Å². The molecule has 0 aliphatic rings. The lowest BCUT2D eigenvalue weighted by Crippen LogP contribution is -2.31. The molecule has 0 fully saturated rings.